The van der Waals surface area contributed by atoms with Crippen LogP contribution in [0.1, 0.15) is 11.9 Å². The van der Waals surface area contributed by atoms with Crippen LogP contribution in [0.25, 0.3) is 11.2 Å². The van der Waals surface area contributed by atoms with E-state index in [9.17, 15) is 19.7 Å². The maximum atomic E-state index is 13.8. The highest BCUT2D eigenvalue weighted by Gasteiger charge is 2.44. The summed E-state index contributed by atoms with van der Waals surface area (Å²) < 4.78 is 20.8. The van der Waals surface area contributed by atoms with Crippen molar-refractivity contribution in [1.82, 2.24) is 19.5 Å². The van der Waals surface area contributed by atoms with Crippen molar-refractivity contribution in [3.05, 3.63) is 48.4 Å². The Balaban J connectivity index is 1.61. The number of fused-ring (bicyclic) bond motifs is 1. The highest BCUT2D eigenvalue weighted by atomic mass is 32.2. The molecule has 3 aromatic rings. The third kappa shape index (κ3) is 3.30. The summed E-state index contributed by atoms with van der Waals surface area (Å²) in [5.41, 5.74) is 1.53. The van der Waals surface area contributed by atoms with Crippen LogP contribution in [0.2, 0.25) is 0 Å². The number of aliphatic hydroxyl groups is 3. The third-order valence-corrected chi connectivity index (χ3v) is 5.49. The number of benzene rings is 1. The summed E-state index contributed by atoms with van der Waals surface area (Å²) in [5, 5.41) is 29.4. The third-order valence-electron chi connectivity index (χ3n) is 4.43. The molecular weight excluding hydrogens is 375 g/mol. The van der Waals surface area contributed by atoms with E-state index >= 15 is 0 Å². The van der Waals surface area contributed by atoms with Crippen LogP contribution in [-0.2, 0) is 10.5 Å². The fraction of sp³-hybridized carbons (Fsp3) is 0.353. The van der Waals surface area contributed by atoms with E-state index < -0.39 is 31.1 Å². The first-order valence-electron chi connectivity index (χ1n) is 8.26. The molecule has 1 saturated heterocycles. The number of hydrogen-bond donors (Lipinski definition) is 3. The first kappa shape index (κ1) is 18.3. The standard InChI is InChI=1S/C17H17FN4O4S/c18-9-3-1-2-4-12(9)27-6-10-13-16(20-7-19-10)22(8-21-13)17-15(25)14(24)11(5-23)26-17/h1-4,7-8,11,14-15,17,23-25H,5-6H2/t11-,14-,15-,17-/m1/s1. The van der Waals surface area contributed by atoms with Crippen molar-refractivity contribution in [2.24, 2.45) is 0 Å². The van der Waals surface area contributed by atoms with Gasteiger partial charge in [0.1, 0.15) is 36.0 Å². The summed E-state index contributed by atoms with van der Waals surface area (Å²) in [5.74, 6) is 0.0808. The van der Waals surface area contributed by atoms with Gasteiger partial charge in [-0.3, -0.25) is 4.57 Å². The maximum absolute atomic E-state index is 13.8. The quantitative estimate of drug-likeness (QED) is 0.548. The average Bonchev–Trinajstić information content (AvgIpc) is 3.23. The van der Waals surface area contributed by atoms with E-state index in [1.807, 2.05) is 0 Å². The predicted octanol–water partition coefficient (Wildman–Crippen LogP) is 0.869. The van der Waals surface area contributed by atoms with Gasteiger partial charge in [-0.15, -0.1) is 11.8 Å². The van der Waals surface area contributed by atoms with Gasteiger partial charge in [-0.1, -0.05) is 12.1 Å². The molecule has 0 amide bonds. The first-order valence-corrected chi connectivity index (χ1v) is 9.25. The van der Waals surface area contributed by atoms with Gasteiger partial charge in [0.15, 0.2) is 11.9 Å². The molecule has 0 saturated carbocycles. The van der Waals surface area contributed by atoms with Gasteiger partial charge in [0.25, 0.3) is 0 Å². The number of thioether (sulfide) groups is 1. The summed E-state index contributed by atoms with van der Waals surface area (Å²) in [7, 11) is 0. The molecule has 27 heavy (non-hydrogen) atoms. The molecule has 0 radical (unpaired) electrons. The molecule has 0 aliphatic carbocycles. The Morgan fingerprint density at radius 1 is 1.15 bits per heavy atom. The van der Waals surface area contributed by atoms with E-state index in [0.717, 1.165) is 0 Å². The molecule has 3 N–H and O–H groups in total. The van der Waals surface area contributed by atoms with Gasteiger partial charge >= 0.3 is 0 Å². The SMILES string of the molecule is OC[C@H]1O[C@@H](n2cnc3c(CSc4ccccc4F)ncnc32)[C@H](O)[C@@H]1O. The summed E-state index contributed by atoms with van der Waals surface area (Å²) >= 11 is 1.29. The van der Waals surface area contributed by atoms with Crippen LogP contribution < -0.4 is 0 Å². The molecule has 0 unspecified atom stereocenters. The molecule has 1 fully saturated rings. The molecule has 1 aromatic carbocycles. The minimum absolute atomic E-state index is 0.301. The fourth-order valence-corrected chi connectivity index (χ4v) is 3.89. The lowest BCUT2D eigenvalue weighted by Gasteiger charge is -2.16. The highest BCUT2D eigenvalue weighted by Crippen LogP contribution is 2.32. The second-order valence-electron chi connectivity index (χ2n) is 6.09. The number of halogens is 1. The molecule has 0 spiro atoms. The summed E-state index contributed by atoms with van der Waals surface area (Å²) in [4.78, 5) is 13.2. The molecule has 4 atom stereocenters. The topological polar surface area (TPSA) is 114 Å². The van der Waals surface area contributed by atoms with Crippen LogP contribution in [0, 0.1) is 5.82 Å². The average molecular weight is 392 g/mol. The Bertz CT molecular complexity index is 956. The minimum atomic E-state index is -1.23. The normalized spacial score (nSPS) is 25.3. The van der Waals surface area contributed by atoms with Gasteiger partial charge in [-0.2, -0.15) is 0 Å². The van der Waals surface area contributed by atoms with E-state index in [0.29, 0.717) is 27.5 Å². The summed E-state index contributed by atoms with van der Waals surface area (Å²) in [6, 6.07) is 6.48. The maximum Gasteiger partial charge on any atom is 0.165 e. The summed E-state index contributed by atoms with van der Waals surface area (Å²) in [6.45, 7) is -0.416. The molecule has 142 valence electrons. The van der Waals surface area contributed by atoms with E-state index in [1.165, 1.54) is 35.0 Å². The van der Waals surface area contributed by atoms with Crippen molar-refractivity contribution in [3.63, 3.8) is 0 Å². The number of nitrogens with zero attached hydrogens (tertiary/aromatic N) is 4. The van der Waals surface area contributed by atoms with Gasteiger partial charge in [0.2, 0.25) is 0 Å². The van der Waals surface area contributed by atoms with Gasteiger partial charge in [0.05, 0.1) is 18.6 Å². The first-order chi connectivity index (χ1) is 13.1. The number of ether oxygens (including phenoxy) is 1. The van der Waals surface area contributed by atoms with Crippen molar-refractivity contribution in [2.45, 2.75) is 35.2 Å². The van der Waals surface area contributed by atoms with Crippen LogP contribution in [0.4, 0.5) is 4.39 Å². The Hall–Kier alpha value is -2.11. The lowest BCUT2D eigenvalue weighted by Crippen LogP contribution is -2.33. The summed E-state index contributed by atoms with van der Waals surface area (Å²) in [6.07, 6.45) is -1.46. The van der Waals surface area contributed by atoms with Crippen LogP contribution in [-0.4, -0.2) is 59.8 Å². The molecular formula is C17H17FN4O4S. The van der Waals surface area contributed by atoms with Gasteiger partial charge < -0.3 is 20.1 Å². The number of hydrogen-bond acceptors (Lipinski definition) is 8. The number of imidazole rings is 1. The van der Waals surface area contributed by atoms with Gasteiger partial charge in [-0.05, 0) is 12.1 Å². The van der Waals surface area contributed by atoms with E-state index in [2.05, 4.69) is 15.0 Å². The predicted molar refractivity (Wildman–Crippen MR) is 94.3 cm³/mol. The molecule has 2 aromatic heterocycles. The molecule has 4 rings (SSSR count). The number of rotatable bonds is 5. The Labute approximate surface area is 157 Å². The van der Waals surface area contributed by atoms with Crippen molar-refractivity contribution in [1.29, 1.82) is 0 Å². The van der Waals surface area contributed by atoms with E-state index in [1.54, 1.807) is 18.2 Å². The number of aliphatic hydroxyl groups excluding tert-OH is 3. The van der Waals surface area contributed by atoms with Gasteiger partial charge in [-0.25, -0.2) is 19.3 Å². The van der Waals surface area contributed by atoms with Crippen LogP contribution >= 0.6 is 11.8 Å². The lowest BCUT2D eigenvalue weighted by molar-refractivity contribution is -0.0511. The zero-order valence-electron chi connectivity index (χ0n) is 14.0. The second kappa shape index (κ2) is 7.49. The van der Waals surface area contributed by atoms with Crippen LogP contribution in [0.3, 0.4) is 0 Å². The lowest BCUT2D eigenvalue weighted by atomic mass is 10.1. The largest absolute Gasteiger partial charge is 0.394 e. The monoisotopic (exact) mass is 392 g/mol. The molecule has 1 aliphatic rings. The van der Waals surface area contributed by atoms with Crippen LogP contribution in [0.5, 0.6) is 0 Å². The highest BCUT2D eigenvalue weighted by molar-refractivity contribution is 7.98. The minimum Gasteiger partial charge on any atom is -0.394 e. The second-order valence-corrected chi connectivity index (χ2v) is 7.11. The number of aromatic nitrogens is 4. The smallest absolute Gasteiger partial charge is 0.165 e. The zero-order chi connectivity index (χ0) is 19.0. The molecule has 0 bridgehead atoms. The van der Waals surface area contributed by atoms with E-state index in [4.69, 9.17) is 4.74 Å². The Morgan fingerprint density at radius 3 is 2.70 bits per heavy atom. The molecule has 8 nitrogen and oxygen atoms in total. The van der Waals surface area contributed by atoms with Crippen LogP contribution in [0.15, 0.2) is 41.8 Å². The fourth-order valence-electron chi connectivity index (χ4n) is 3.01. The Kier molecular flexibility index (Phi) is 5.06. The van der Waals surface area contributed by atoms with E-state index in [-0.39, 0.29) is 5.82 Å². The van der Waals surface area contributed by atoms with Crippen molar-refractivity contribution in [2.75, 3.05) is 6.61 Å². The molecule has 3 heterocycles. The van der Waals surface area contributed by atoms with Crippen molar-refractivity contribution >= 4 is 22.9 Å². The molecule has 1 aliphatic heterocycles. The Morgan fingerprint density at radius 2 is 1.96 bits per heavy atom. The molecule has 10 heteroatoms. The zero-order valence-corrected chi connectivity index (χ0v) is 14.8. The van der Waals surface area contributed by atoms with Crippen molar-refractivity contribution < 1.29 is 24.4 Å². The van der Waals surface area contributed by atoms with Gasteiger partial charge in [0, 0.05) is 10.6 Å². The van der Waals surface area contributed by atoms with Crippen molar-refractivity contribution in [3.8, 4) is 0 Å².